The van der Waals surface area contributed by atoms with Crippen LogP contribution in [0.25, 0.3) is 0 Å². The van der Waals surface area contributed by atoms with E-state index in [1.807, 2.05) is 37.3 Å². The zero-order chi connectivity index (χ0) is 8.81. The van der Waals surface area contributed by atoms with Crippen molar-refractivity contribution in [3.05, 3.63) is 30.3 Å². The predicted molar refractivity (Wildman–Crippen MR) is 48.2 cm³/mol. The first-order chi connectivity index (χ1) is 5.86. The minimum atomic E-state index is -0.0765. The summed E-state index contributed by atoms with van der Waals surface area (Å²) >= 11 is 0. The van der Waals surface area contributed by atoms with Crippen molar-refractivity contribution in [2.45, 2.75) is 19.4 Å². The summed E-state index contributed by atoms with van der Waals surface area (Å²) in [5, 5.41) is 8.86. The molecule has 0 saturated heterocycles. The van der Waals surface area contributed by atoms with Gasteiger partial charge in [0.2, 0.25) is 0 Å². The highest BCUT2D eigenvalue weighted by Crippen LogP contribution is 2.11. The van der Waals surface area contributed by atoms with Crippen LogP contribution in [0.5, 0.6) is 5.75 Å². The average molecular weight is 166 g/mol. The molecule has 0 unspecified atom stereocenters. The fourth-order valence-corrected chi connectivity index (χ4v) is 0.941. The Hall–Kier alpha value is -1.02. The molecule has 1 N–H and O–H groups in total. The first-order valence-electron chi connectivity index (χ1n) is 4.19. The highest BCUT2D eigenvalue weighted by atomic mass is 16.5. The van der Waals surface area contributed by atoms with Gasteiger partial charge in [-0.25, -0.2) is 0 Å². The van der Waals surface area contributed by atoms with Crippen molar-refractivity contribution in [3.8, 4) is 5.75 Å². The van der Waals surface area contributed by atoms with Gasteiger partial charge in [0.1, 0.15) is 11.9 Å². The number of ether oxygens (including phenoxy) is 1. The average Bonchev–Trinajstić information content (AvgIpc) is 2.16. The Bertz CT molecular complexity index is 204. The summed E-state index contributed by atoms with van der Waals surface area (Å²) in [6.45, 7) is 2.06. The fraction of sp³-hybridized carbons (Fsp3) is 0.400. The standard InChI is InChI=1S/C10H14O2/c1-2-9(8-11)12-10-6-4-3-5-7-10/h3-7,9,11H,2,8H2,1H3/t9-/m0/s1. The van der Waals surface area contributed by atoms with Gasteiger partial charge in [0, 0.05) is 0 Å². The molecule has 1 atom stereocenters. The molecule has 1 rings (SSSR count). The van der Waals surface area contributed by atoms with E-state index in [1.165, 1.54) is 0 Å². The molecule has 0 spiro atoms. The Morgan fingerprint density at radius 3 is 2.50 bits per heavy atom. The minimum absolute atomic E-state index is 0.0748. The van der Waals surface area contributed by atoms with Crippen LogP contribution >= 0.6 is 0 Å². The van der Waals surface area contributed by atoms with Crippen molar-refractivity contribution in [2.75, 3.05) is 6.61 Å². The lowest BCUT2D eigenvalue weighted by atomic mass is 10.3. The summed E-state index contributed by atoms with van der Waals surface area (Å²) < 4.78 is 5.46. The summed E-state index contributed by atoms with van der Waals surface area (Å²) in [7, 11) is 0. The van der Waals surface area contributed by atoms with E-state index in [-0.39, 0.29) is 12.7 Å². The van der Waals surface area contributed by atoms with Crippen LogP contribution in [0.4, 0.5) is 0 Å². The lowest BCUT2D eigenvalue weighted by Crippen LogP contribution is -2.19. The maximum Gasteiger partial charge on any atom is 0.121 e. The SMILES string of the molecule is CC[C@@H](CO)Oc1ccccc1. The van der Waals surface area contributed by atoms with Gasteiger partial charge in [-0.05, 0) is 18.6 Å². The van der Waals surface area contributed by atoms with Gasteiger partial charge in [-0.15, -0.1) is 0 Å². The van der Waals surface area contributed by atoms with Crippen LogP contribution in [0.15, 0.2) is 30.3 Å². The number of benzene rings is 1. The second-order valence-electron chi connectivity index (χ2n) is 2.64. The zero-order valence-corrected chi connectivity index (χ0v) is 7.23. The van der Waals surface area contributed by atoms with Gasteiger partial charge in [-0.3, -0.25) is 0 Å². The van der Waals surface area contributed by atoms with Gasteiger partial charge in [0.05, 0.1) is 6.61 Å². The maximum absolute atomic E-state index is 8.86. The molecule has 66 valence electrons. The topological polar surface area (TPSA) is 29.5 Å². The van der Waals surface area contributed by atoms with E-state index in [1.54, 1.807) is 0 Å². The molecular weight excluding hydrogens is 152 g/mol. The van der Waals surface area contributed by atoms with Crippen LogP contribution in [0.3, 0.4) is 0 Å². The number of aliphatic hydroxyl groups excluding tert-OH is 1. The third-order valence-corrected chi connectivity index (χ3v) is 1.70. The Labute approximate surface area is 72.8 Å². The summed E-state index contributed by atoms with van der Waals surface area (Å²) in [6, 6.07) is 9.54. The van der Waals surface area contributed by atoms with Crippen LogP contribution in [0, 0.1) is 0 Å². The largest absolute Gasteiger partial charge is 0.488 e. The molecule has 0 aliphatic rings. The number of aliphatic hydroxyl groups is 1. The molecule has 0 radical (unpaired) electrons. The number of rotatable bonds is 4. The van der Waals surface area contributed by atoms with Crippen LogP contribution in [-0.2, 0) is 0 Å². The Kier molecular flexibility index (Phi) is 3.61. The molecule has 0 amide bonds. The monoisotopic (exact) mass is 166 g/mol. The molecule has 0 fully saturated rings. The van der Waals surface area contributed by atoms with Crippen molar-refractivity contribution >= 4 is 0 Å². The second kappa shape index (κ2) is 4.78. The summed E-state index contributed by atoms with van der Waals surface area (Å²) in [4.78, 5) is 0. The zero-order valence-electron chi connectivity index (χ0n) is 7.23. The quantitative estimate of drug-likeness (QED) is 0.739. The molecule has 0 heterocycles. The van der Waals surface area contributed by atoms with Crippen LogP contribution < -0.4 is 4.74 Å². The van der Waals surface area contributed by atoms with Gasteiger partial charge >= 0.3 is 0 Å². The maximum atomic E-state index is 8.86. The number of hydrogen-bond acceptors (Lipinski definition) is 2. The van der Waals surface area contributed by atoms with Crippen molar-refractivity contribution < 1.29 is 9.84 Å². The molecule has 12 heavy (non-hydrogen) atoms. The Balaban J connectivity index is 2.51. The normalized spacial score (nSPS) is 12.5. The smallest absolute Gasteiger partial charge is 0.121 e. The van der Waals surface area contributed by atoms with E-state index in [4.69, 9.17) is 9.84 Å². The van der Waals surface area contributed by atoms with Gasteiger partial charge in [0.25, 0.3) is 0 Å². The van der Waals surface area contributed by atoms with Crippen molar-refractivity contribution in [1.82, 2.24) is 0 Å². The number of hydrogen-bond donors (Lipinski definition) is 1. The van der Waals surface area contributed by atoms with Crippen LogP contribution in [0.2, 0.25) is 0 Å². The molecule has 2 heteroatoms. The van der Waals surface area contributed by atoms with Gasteiger partial charge in [-0.2, -0.15) is 0 Å². The highest BCUT2D eigenvalue weighted by Gasteiger charge is 2.04. The van der Waals surface area contributed by atoms with Gasteiger partial charge < -0.3 is 9.84 Å². The number of para-hydroxylation sites is 1. The fourth-order valence-electron chi connectivity index (χ4n) is 0.941. The molecule has 0 aromatic heterocycles. The Morgan fingerprint density at radius 1 is 1.33 bits per heavy atom. The van der Waals surface area contributed by atoms with E-state index in [0.717, 1.165) is 12.2 Å². The van der Waals surface area contributed by atoms with Crippen molar-refractivity contribution in [1.29, 1.82) is 0 Å². The predicted octanol–water partition coefficient (Wildman–Crippen LogP) is 1.84. The molecule has 0 aliphatic carbocycles. The first kappa shape index (κ1) is 9.07. The third-order valence-electron chi connectivity index (χ3n) is 1.70. The van der Waals surface area contributed by atoms with E-state index < -0.39 is 0 Å². The molecule has 1 aromatic rings. The lowest BCUT2D eigenvalue weighted by molar-refractivity contribution is 0.112. The van der Waals surface area contributed by atoms with E-state index >= 15 is 0 Å². The van der Waals surface area contributed by atoms with Crippen molar-refractivity contribution in [2.24, 2.45) is 0 Å². The molecular formula is C10H14O2. The van der Waals surface area contributed by atoms with Crippen LogP contribution in [0.1, 0.15) is 13.3 Å². The van der Waals surface area contributed by atoms with Gasteiger partial charge in [-0.1, -0.05) is 25.1 Å². The summed E-state index contributed by atoms with van der Waals surface area (Å²) in [5.41, 5.74) is 0. The highest BCUT2D eigenvalue weighted by molar-refractivity contribution is 5.21. The van der Waals surface area contributed by atoms with E-state index in [9.17, 15) is 0 Å². The molecule has 1 aromatic carbocycles. The van der Waals surface area contributed by atoms with Gasteiger partial charge in [0.15, 0.2) is 0 Å². The minimum Gasteiger partial charge on any atom is -0.488 e. The van der Waals surface area contributed by atoms with E-state index in [2.05, 4.69) is 0 Å². The first-order valence-corrected chi connectivity index (χ1v) is 4.19. The third kappa shape index (κ3) is 2.55. The second-order valence-corrected chi connectivity index (χ2v) is 2.64. The Morgan fingerprint density at radius 2 is 2.00 bits per heavy atom. The molecule has 2 nitrogen and oxygen atoms in total. The molecule has 0 saturated carbocycles. The molecule has 0 bridgehead atoms. The van der Waals surface area contributed by atoms with E-state index in [0.29, 0.717) is 0 Å². The summed E-state index contributed by atoms with van der Waals surface area (Å²) in [6.07, 6.45) is 0.748. The summed E-state index contributed by atoms with van der Waals surface area (Å²) in [5.74, 6) is 0.818. The van der Waals surface area contributed by atoms with Crippen molar-refractivity contribution in [3.63, 3.8) is 0 Å². The lowest BCUT2D eigenvalue weighted by Gasteiger charge is -2.14. The molecule has 0 aliphatic heterocycles. The van der Waals surface area contributed by atoms with Crippen LogP contribution in [-0.4, -0.2) is 17.8 Å².